The highest BCUT2D eigenvalue weighted by Gasteiger charge is 2.35. The largest absolute Gasteiger partial charge is 0.380 e. The van der Waals surface area contributed by atoms with Gasteiger partial charge in [0, 0.05) is 37.2 Å². The zero-order valence-electron chi connectivity index (χ0n) is 10.7. The Morgan fingerprint density at radius 3 is 3.12 bits per heavy atom. The van der Waals surface area contributed by atoms with Gasteiger partial charge in [-0.05, 0) is 19.3 Å². The van der Waals surface area contributed by atoms with Crippen LogP contribution in [0.2, 0.25) is 0 Å². The highest BCUT2D eigenvalue weighted by Crippen LogP contribution is 2.30. The number of ether oxygens (including phenoxy) is 1. The fourth-order valence-electron chi connectivity index (χ4n) is 2.75. The number of carbonyl (C=O) groups is 1. The molecule has 0 spiro atoms. The summed E-state index contributed by atoms with van der Waals surface area (Å²) in [5.41, 5.74) is -0.224. The van der Waals surface area contributed by atoms with Crippen molar-refractivity contribution in [3.63, 3.8) is 0 Å². The topological polar surface area (TPSA) is 29.5 Å². The molecule has 0 radical (unpaired) electrons. The summed E-state index contributed by atoms with van der Waals surface area (Å²) >= 11 is 2.07. The number of nitrogens with zero attached hydrogens (tertiary/aromatic N) is 1. The Labute approximate surface area is 108 Å². The van der Waals surface area contributed by atoms with Gasteiger partial charge < -0.3 is 14.4 Å². The minimum Gasteiger partial charge on any atom is -0.380 e. The molecular weight excluding hydrogens is 234 g/mol. The van der Waals surface area contributed by atoms with Crippen molar-refractivity contribution < 1.29 is 9.53 Å². The molecular formula is C13H23NO2S. The maximum absolute atomic E-state index is 11.4. The third-order valence-electron chi connectivity index (χ3n) is 3.82. The third-order valence-corrected chi connectivity index (χ3v) is 5.19. The number of thioether (sulfide) groups is 1. The lowest BCUT2D eigenvalue weighted by Gasteiger charge is -2.40. The van der Waals surface area contributed by atoms with Crippen molar-refractivity contribution in [3.8, 4) is 0 Å². The van der Waals surface area contributed by atoms with Crippen molar-refractivity contribution in [2.24, 2.45) is 5.41 Å². The molecule has 2 rings (SSSR count). The fourth-order valence-corrected chi connectivity index (χ4v) is 3.99. The summed E-state index contributed by atoms with van der Waals surface area (Å²) in [5.74, 6) is 1.20. The minimum atomic E-state index is -0.224. The number of hydrogen-bond donors (Lipinski definition) is 0. The van der Waals surface area contributed by atoms with Crippen molar-refractivity contribution in [1.29, 1.82) is 0 Å². The van der Waals surface area contributed by atoms with E-state index in [-0.39, 0.29) is 5.41 Å². The standard InChI is InChI=1S/C13H23NO2S/c1-2-12-8-14(5-7-17-12)9-13(10-15)4-3-6-16-11-13/h10,12H,2-9,11H2,1H3. The first-order valence-electron chi connectivity index (χ1n) is 6.66. The Morgan fingerprint density at radius 2 is 2.47 bits per heavy atom. The van der Waals surface area contributed by atoms with Crippen molar-refractivity contribution >= 4 is 18.0 Å². The van der Waals surface area contributed by atoms with Crippen LogP contribution in [-0.4, -0.2) is 55.0 Å². The summed E-state index contributed by atoms with van der Waals surface area (Å²) in [6.45, 7) is 6.85. The van der Waals surface area contributed by atoms with E-state index in [1.165, 1.54) is 12.2 Å². The Kier molecular flexibility index (Phi) is 4.88. The summed E-state index contributed by atoms with van der Waals surface area (Å²) in [4.78, 5) is 13.9. The van der Waals surface area contributed by atoms with E-state index in [0.29, 0.717) is 6.61 Å². The van der Waals surface area contributed by atoms with Gasteiger partial charge in [-0.2, -0.15) is 11.8 Å². The summed E-state index contributed by atoms with van der Waals surface area (Å²) in [6.07, 6.45) is 4.40. The smallest absolute Gasteiger partial charge is 0.129 e. The van der Waals surface area contributed by atoms with E-state index in [2.05, 4.69) is 23.6 Å². The molecule has 2 heterocycles. The average Bonchev–Trinajstić information content (AvgIpc) is 2.40. The Morgan fingerprint density at radius 1 is 1.59 bits per heavy atom. The summed E-state index contributed by atoms with van der Waals surface area (Å²) < 4.78 is 5.51. The van der Waals surface area contributed by atoms with Crippen LogP contribution in [0.15, 0.2) is 0 Å². The number of hydrogen-bond acceptors (Lipinski definition) is 4. The molecule has 2 aliphatic heterocycles. The van der Waals surface area contributed by atoms with E-state index >= 15 is 0 Å². The molecule has 98 valence electrons. The summed E-state index contributed by atoms with van der Waals surface area (Å²) in [7, 11) is 0. The lowest BCUT2D eigenvalue weighted by atomic mass is 9.83. The molecule has 0 saturated carbocycles. The first kappa shape index (κ1) is 13.4. The van der Waals surface area contributed by atoms with E-state index < -0.39 is 0 Å². The first-order valence-corrected chi connectivity index (χ1v) is 7.71. The van der Waals surface area contributed by atoms with Crippen molar-refractivity contribution in [2.45, 2.75) is 31.4 Å². The average molecular weight is 257 g/mol. The highest BCUT2D eigenvalue weighted by molar-refractivity contribution is 8.00. The third kappa shape index (κ3) is 3.46. The molecule has 0 aromatic carbocycles. The van der Waals surface area contributed by atoms with Crippen LogP contribution in [0.4, 0.5) is 0 Å². The van der Waals surface area contributed by atoms with Crippen LogP contribution in [0.1, 0.15) is 26.2 Å². The van der Waals surface area contributed by atoms with Crippen LogP contribution in [0.5, 0.6) is 0 Å². The molecule has 0 aliphatic carbocycles. The van der Waals surface area contributed by atoms with E-state index in [1.807, 2.05) is 0 Å². The van der Waals surface area contributed by atoms with Crippen LogP contribution in [0, 0.1) is 5.41 Å². The Bertz CT molecular complexity index is 254. The Hall–Kier alpha value is -0.0600. The lowest BCUT2D eigenvalue weighted by Crippen LogP contribution is -2.48. The zero-order valence-corrected chi connectivity index (χ0v) is 11.5. The second-order valence-electron chi connectivity index (χ2n) is 5.27. The first-order chi connectivity index (χ1) is 8.28. The van der Waals surface area contributed by atoms with Gasteiger partial charge in [-0.15, -0.1) is 0 Å². The molecule has 2 atom stereocenters. The van der Waals surface area contributed by atoms with Crippen LogP contribution in [-0.2, 0) is 9.53 Å². The second kappa shape index (κ2) is 6.21. The molecule has 0 aromatic rings. The molecule has 2 fully saturated rings. The van der Waals surface area contributed by atoms with E-state index in [1.54, 1.807) is 0 Å². The van der Waals surface area contributed by atoms with Crippen molar-refractivity contribution in [1.82, 2.24) is 4.90 Å². The molecule has 0 amide bonds. The van der Waals surface area contributed by atoms with Crippen LogP contribution < -0.4 is 0 Å². The maximum atomic E-state index is 11.4. The van der Waals surface area contributed by atoms with Gasteiger partial charge in [0.15, 0.2) is 0 Å². The van der Waals surface area contributed by atoms with Gasteiger partial charge in [0.1, 0.15) is 6.29 Å². The SMILES string of the molecule is CCC1CN(CC2(C=O)CCCOC2)CCS1. The Balaban J connectivity index is 1.91. The molecule has 0 aromatic heterocycles. The van der Waals surface area contributed by atoms with Gasteiger partial charge in [0.05, 0.1) is 12.0 Å². The number of rotatable bonds is 4. The number of aldehydes is 1. The highest BCUT2D eigenvalue weighted by atomic mass is 32.2. The zero-order chi connectivity index (χ0) is 12.1. The van der Waals surface area contributed by atoms with Crippen LogP contribution >= 0.6 is 11.8 Å². The minimum absolute atomic E-state index is 0.224. The van der Waals surface area contributed by atoms with Crippen molar-refractivity contribution in [2.75, 3.05) is 38.6 Å². The molecule has 0 N–H and O–H groups in total. The maximum Gasteiger partial charge on any atom is 0.129 e. The second-order valence-corrected chi connectivity index (χ2v) is 6.68. The molecule has 17 heavy (non-hydrogen) atoms. The van der Waals surface area contributed by atoms with Gasteiger partial charge in [-0.1, -0.05) is 6.92 Å². The van der Waals surface area contributed by atoms with Gasteiger partial charge in [-0.3, -0.25) is 0 Å². The van der Waals surface area contributed by atoms with E-state index in [0.717, 1.165) is 50.6 Å². The van der Waals surface area contributed by atoms with Gasteiger partial charge in [0.25, 0.3) is 0 Å². The monoisotopic (exact) mass is 257 g/mol. The predicted molar refractivity (Wildman–Crippen MR) is 71.5 cm³/mol. The lowest BCUT2D eigenvalue weighted by molar-refractivity contribution is -0.125. The quantitative estimate of drug-likeness (QED) is 0.718. The normalized spacial score (nSPS) is 35.7. The van der Waals surface area contributed by atoms with Gasteiger partial charge in [-0.25, -0.2) is 0 Å². The van der Waals surface area contributed by atoms with Crippen LogP contribution in [0.25, 0.3) is 0 Å². The molecule has 3 nitrogen and oxygen atoms in total. The fraction of sp³-hybridized carbons (Fsp3) is 0.923. The summed E-state index contributed by atoms with van der Waals surface area (Å²) in [6, 6.07) is 0. The molecule has 2 unspecified atom stereocenters. The molecule has 2 aliphatic rings. The molecule has 4 heteroatoms. The van der Waals surface area contributed by atoms with E-state index in [4.69, 9.17) is 4.74 Å². The van der Waals surface area contributed by atoms with E-state index in [9.17, 15) is 4.79 Å². The van der Waals surface area contributed by atoms with Crippen LogP contribution in [0.3, 0.4) is 0 Å². The summed E-state index contributed by atoms with van der Waals surface area (Å²) in [5, 5.41) is 0.747. The van der Waals surface area contributed by atoms with Gasteiger partial charge >= 0.3 is 0 Å². The van der Waals surface area contributed by atoms with Crippen molar-refractivity contribution in [3.05, 3.63) is 0 Å². The molecule has 2 saturated heterocycles. The number of carbonyl (C=O) groups excluding carboxylic acids is 1. The predicted octanol–water partition coefficient (Wildman–Crippen LogP) is 1.81. The molecule has 0 bridgehead atoms. The van der Waals surface area contributed by atoms with Gasteiger partial charge in [0.2, 0.25) is 0 Å².